The highest BCUT2D eigenvalue weighted by atomic mass is 19.2. The molecule has 3 heteroatoms. The van der Waals surface area contributed by atoms with Crippen LogP contribution in [0.5, 0.6) is 0 Å². The van der Waals surface area contributed by atoms with E-state index in [0.717, 1.165) is 17.2 Å². The van der Waals surface area contributed by atoms with Gasteiger partial charge >= 0.3 is 0 Å². The lowest BCUT2D eigenvalue weighted by molar-refractivity contribution is 0.468. The molecule has 0 spiro atoms. The summed E-state index contributed by atoms with van der Waals surface area (Å²) < 4.78 is 27.1. The van der Waals surface area contributed by atoms with Crippen molar-refractivity contribution in [1.29, 1.82) is 0 Å². The molecule has 0 fully saturated rings. The molecule has 2 rings (SSSR count). The van der Waals surface area contributed by atoms with Gasteiger partial charge in [-0.2, -0.15) is 0 Å². The summed E-state index contributed by atoms with van der Waals surface area (Å²) in [6.07, 6.45) is 0. The first kappa shape index (κ1) is 12.7. The van der Waals surface area contributed by atoms with E-state index in [-0.39, 0.29) is 5.56 Å². The molecule has 1 atom stereocenters. The van der Waals surface area contributed by atoms with Crippen LogP contribution in [0.3, 0.4) is 0 Å². The lowest BCUT2D eigenvalue weighted by Crippen LogP contribution is -2.35. The van der Waals surface area contributed by atoms with Gasteiger partial charge in [0.1, 0.15) is 0 Å². The Morgan fingerprint density at radius 2 is 1.61 bits per heavy atom. The Morgan fingerprint density at radius 3 is 2.22 bits per heavy atom. The lowest BCUT2D eigenvalue weighted by atomic mass is 9.85. The van der Waals surface area contributed by atoms with E-state index in [2.05, 4.69) is 0 Å². The summed E-state index contributed by atoms with van der Waals surface area (Å²) in [5, 5.41) is 0. The number of benzene rings is 2. The maximum Gasteiger partial charge on any atom is 0.164 e. The van der Waals surface area contributed by atoms with E-state index in [1.807, 2.05) is 31.2 Å². The molecule has 0 heterocycles. The van der Waals surface area contributed by atoms with Crippen LogP contribution in [0.25, 0.3) is 0 Å². The van der Waals surface area contributed by atoms with Crippen molar-refractivity contribution in [2.24, 2.45) is 5.73 Å². The molecule has 0 aromatic heterocycles. The van der Waals surface area contributed by atoms with Gasteiger partial charge in [-0.3, -0.25) is 0 Å². The fourth-order valence-electron chi connectivity index (χ4n) is 1.96. The maximum atomic E-state index is 13.8. The van der Waals surface area contributed by atoms with Crippen LogP contribution >= 0.6 is 0 Å². The fourth-order valence-corrected chi connectivity index (χ4v) is 1.96. The second-order valence-corrected chi connectivity index (χ2v) is 4.67. The minimum Gasteiger partial charge on any atom is -0.318 e. The van der Waals surface area contributed by atoms with Crippen LogP contribution < -0.4 is 5.73 Å². The number of nitrogens with two attached hydrogens (primary N) is 1. The Labute approximate surface area is 105 Å². The quantitative estimate of drug-likeness (QED) is 0.863. The Hall–Kier alpha value is -1.74. The number of hydrogen-bond donors (Lipinski definition) is 1. The molecule has 0 saturated carbocycles. The topological polar surface area (TPSA) is 26.0 Å². The van der Waals surface area contributed by atoms with Crippen LogP contribution in [-0.2, 0) is 5.54 Å². The van der Waals surface area contributed by atoms with E-state index in [1.165, 1.54) is 12.1 Å². The monoisotopic (exact) mass is 247 g/mol. The molecule has 18 heavy (non-hydrogen) atoms. The van der Waals surface area contributed by atoms with Crippen LogP contribution in [0.4, 0.5) is 8.78 Å². The second-order valence-electron chi connectivity index (χ2n) is 4.67. The van der Waals surface area contributed by atoms with Gasteiger partial charge in [-0.25, -0.2) is 8.78 Å². The molecule has 2 N–H and O–H groups in total. The third-order valence-electron chi connectivity index (χ3n) is 3.16. The first-order valence-corrected chi connectivity index (χ1v) is 5.73. The molecule has 0 radical (unpaired) electrons. The molecular weight excluding hydrogens is 232 g/mol. The van der Waals surface area contributed by atoms with Gasteiger partial charge in [0.15, 0.2) is 11.6 Å². The lowest BCUT2D eigenvalue weighted by Gasteiger charge is -2.26. The van der Waals surface area contributed by atoms with Crippen LogP contribution in [0.2, 0.25) is 0 Å². The average molecular weight is 247 g/mol. The molecule has 0 amide bonds. The van der Waals surface area contributed by atoms with Gasteiger partial charge in [-0.05, 0) is 25.5 Å². The van der Waals surface area contributed by atoms with E-state index in [9.17, 15) is 8.78 Å². The zero-order chi connectivity index (χ0) is 13.3. The highest BCUT2D eigenvalue weighted by Crippen LogP contribution is 2.29. The third kappa shape index (κ3) is 2.14. The minimum atomic E-state index is -1.06. The Morgan fingerprint density at radius 1 is 1.00 bits per heavy atom. The fraction of sp³-hybridized carbons (Fsp3) is 0.200. The Bertz CT molecular complexity index is 559. The molecule has 2 aromatic carbocycles. The molecule has 0 aliphatic heterocycles. The van der Waals surface area contributed by atoms with Gasteiger partial charge in [0.05, 0.1) is 5.54 Å². The molecule has 0 aliphatic rings. The van der Waals surface area contributed by atoms with E-state index >= 15 is 0 Å². The van der Waals surface area contributed by atoms with E-state index in [1.54, 1.807) is 6.92 Å². The molecular formula is C15H15F2N. The largest absolute Gasteiger partial charge is 0.318 e. The van der Waals surface area contributed by atoms with Crippen LogP contribution in [0, 0.1) is 18.6 Å². The summed E-state index contributed by atoms with van der Waals surface area (Å²) in [5.41, 5.74) is 7.12. The maximum absolute atomic E-state index is 13.8. The Balaban J connectivity index is 2.54. The van der Waals surface area contributed by atoms with Crippen molar-refractivity contribution in [3.05, 3.63) is 70.8 Å². The van der Waals surface area contributed by atoms with Gasteiger partial charge < -0.3 is 5.73 Å². The summed E-state index contributed by atoms with van der Waals surface area (Å²) >= 11 is 0. The van der Waals surface area contributed by atoms with Gasteiger partial charge in [0.25, 0.3) is 0 Å². The van der Waals surface area contributed by atoms with E-state index < -0.39 is 17.2 Å². The normalized spacial score (nSPS) is 14.3. The predicted molar refractivity (Wildman–Crippen MR) is 68.2 cm³/mol. The zero-order valence-electron chi connectivity index (χ0n) is 10.4. The summed E-state index contributed by atoms with van der Waals surface area (Å²) in [4.78, 5) is 0. The summed E-state index contributed by atoms with van der Waals surface area (Å²) in [6.45, 7) is 3.63. The Kier molecular flexibility index (Phi) is 3.18. The molecule has 94 valence electrons. The molecule has 0 aliphatic carbocycles. The molecule has 1 nitrogen and oxygen atoms in total. The summed E-state index contributed by atoms with van der Waals surface area (Å²) in [6, 6.07) is 11.5. The van der Waals surface area contributed by atoms with Gasteiger partial charge in [0.2, 0.25) is 0 Å². The van der Waals surface area contributed by atoms with Crippen LogP contribution in [0.15, 0.2) is 42.5 Å². The van der Waals surface area contributed by atoms with Crippen molar-refractivity contribution in [2.75, 3.05) is 0 Å². The first-order valence-electron chi connectivity index (χ1n) is 5.73. The number of aryl methyl sites for hydroxylation is 1. The third-order valence-corrected chi connectivity index (χ3v) is 3.16. The molecule has 0 bridgehead atoms. The molecule has 2 aromatic rings. The van der Waals surface area contributed by atoms with Crippen molar-refractivity contribution in [3.63, 3.8) is 0 Å². The predicted octanol–water partition coefficient (Wildman–Crippen LogP) is 3.50. The minimum absolute atomic E-state index is 0.159. The van der Waals surface area contributed by atoms with E-state index in [4.69, 9.17) is 5.73 Å². The molecule has 1 unspecified atom stereocenters. The SMILES string of the molecule is Cc1ccc(C(C)(N)c2cccc(F)c2F)cc1. The summed E-state index contributed by atoms with van der Waals surface area (Å²) in [7, 11) is 0. The van der Waals surface area contributed by atoms with Gasteiger partial charge in [0, 0.05) is 5.56 Å². The highest BCUT2D eigenvalue weighted by Gasteiger charge is 2.28. The highest BCUT2D eigenvalue weighted by molar-refractivity contribution is 5.39. The second kappa shape index (κ2) is 4.50. The van der Waals surface area contributed by atoms with Crippen LogP contribution in [-0.4, -0.2) is 0 Å². The zero-order valence-corrected chi connectivity index (χ0v) is 10.4. The van der Waals surface area contributed by atoms with Crippen LogP contribution in [0.1, 0.15) is 23.6 Å². The number of hydrogen-bond acceptors (Lipinski definition) is 1. The van der Waals surface area contributed by atoms with Crippen molar-refractivity contribution in [2.45, 2.75) is 19.4 Å². The van der Waals surface area contributed by atoms with Gasteiger partial charge in [-0.15, -0.1) is 0 Å². The standard InChI is InChI=1S/C15H15F2N/c1-10-6-8-11(9-7-10)15(2,18)12-4-3-5-13(16)14(12)17/h3-9H,18H2,1-2H3. The smallest absolute Gasteiger partial charge is 0.164 e. The molecule has 0 saturated heterocycles. The number of rotatable bonds is 2. The van der Waals surface area contributed by atoms with Gasteiger partial charge in [-0.1, -0.05) is 42.0 Å². The summed E-state index contributed by atoms with van der Waals surface area (Å²) in [5.74, 6) is -1.76. The first-order chi connectivity index (χ1) is 8.43. The van der Waals surface area contributed by atoms with Crippen molar-refractivity contribution in [1.82, 2.24) is 0 Å². The average Bonchev–Trinajstić information content (AvgIpc) is 2.33. The van der Waals surface area contributed by atoms with Crippen molar-refractivity contribution >= 4 is 0 Å². The van der Waals surface area contributed by atoms with E-state index in [0.29, 0.717) is 0 Å². The van der Waals surface area contributed by atoms with Crippen molar-refractivity contribution in [3.8, 4) is 0 Å². The number of halogens is 2. The van der Waals surface area contributed by atoms with Crippen molar-refractivity contribution < 1.29 is 8.78 Å².